The summed E-state index contributed by atoms with van der Waals surface area (Å²) in [6.45, 7) is 0.775. The lowest BCUT2D eigenvalue weighted by Gasteiger charge is -1.97. The number of halogens is 1. The van der Waals surface area contributed by atoms with Gasteiger partial charge >= 0.3 is 0 Å². The van der Waals surface area contributed by atoms with Crippen LogP contribution in [0.1, 0.15) is 5.56 Å². The highest BCUT2D eigenvalue weighted by Gasteiger charge is 2.07. The Bertz CT molecular complexity index is 422. The van der Waals surface area contributed by atoms with Crippen molar-refractivity contribution in [2.75, 3.05) is 7.05 Å². The Kier molecular flexibility index (Phi) is 2.25. The Balaban J connectivity index is 2.64. The second kappa shape index (κ2) is 3.40. The lowest BCUT2D eigenvalue weighted by Crippen LogP contribution is -2.03. The first-order valence-electron chi connectivity index (χ1n) is 4.12. The van der Waals surface area contributed by atoms with Gasteiger partial charge in [-0.2, -0.15) is 0 Å². The quantitative estimate of drug-likeness (QED) is 0.797. The molecule has 68 valence electrons. The molecule has 3 heteroatoms. The summed E-state index contributed by atoms with van der Waals surface area (Å²) in [6, 6.07) is 5.68. The van der Waals surface area contributed by atoms with Crippen LogP contribution >= 0.6 is 11.6 Å². The van der Waals surface area contributed by atoms with E-state index >= 15 is 0 Å². The molecule has 0 aliphatic carbocycles. The number of rotatable bonds is 2. The zero-order chi connectivity index (χ0) is 9.26. The molecule has 1 aromatic heterocycles. The van der Waals surface area contributed by atoms with E-state index in [1.807, 2.05) is 25.2 Å². The molecular formula is C10H10ClNO. The number of nitrogens with one attached hydrogen (secondary N) is 1. The molecule has 0 bridgehead atoms. The van der Waals surface area contributed by atoms with E-state index in [9.17, 15) is 0 Å². The van der Waals surface area contributed by atoms with Gasteiger partial charge in [0, 0.05) is 17.5 Å². The zero-order valence-corrected chi connectivity index (χ0v) is 8.06. The molecule has 0 aliphatic rings. The fourth-order valence-electron chi connectivity index (χ4n) is 1.43. The van der Waals surface area contributed by atoms with Gasteiger partial charge in [0.25, 0.3) is 0 Å². The molecular weight excluding hydrogens is 186 g/mol. The van der Waals surface area contributed by atoms with E-state index in [1.54, 1.807) is 6.26 Å². The minimum Gasteiger partial charge on any atom is -0.464 e. The van der Waals surface area contributed by atoms with Gasteiger partial charge in [-0.1, -0.05) is 17.7 Å². The Morgan fingerprint density at radius 3 is 3.08 bits per heavy atom. The molecule has 0 aliphatic heterocycles. The van der Waals surface area contributed by atoms with Crippen LogP contribution in [-0.4, -0.2) is 7.05 Å². The Labute approximate surface area is 81.5 Å². The number of hydrogen-bond donors (Lipinski definition) is 1. The Morgan fingerprint density at radius 1 is 1.46 bits per heavy atom. The molecule has 2 rings (SSSR count). The molecule has 0 fully saturated rings. The van der Waals surface area contributed by atoms with Gasteiger partial charge in [-0.05, 0) is 19.2 Å². The van der Waals surface area contributed by atoms with Crippen LogP contribution in [0.5, 0.6) is 0 Å². The van der Waals surface area contributed by atoms with Gasteiger partial charge in [0.05, 0.1) is 11.3 Å². The maximum absolute atomic E-state index is 6.05. The summed E-state index contributed by atoms with van der Waals surface area (Å²) in [7, 11) is 1.90. The van der Waals surface area contributed by atoms with Crippen LogP contribution in [0.15, 0.2) is 28.9 Å². The molecule has 13 heavy (non-hydrogen) atoms. The van der Waals surface area contributed by atoms with Crippen LogP contribution in [0, 0.1) is 0 Å². The number of fused-ring (bicyclic) bond motifs is 1. The molecule has 2 aromatic rings. The average molecular weight is 196 g/mol. The lowest BCUT2D eigenvalue weighted by molar-refractivity contribution is 0.607. The van der Waals surface area contributed by atoms with Crippen LogP contribution < -0.4 is 5.32 Å². The first kappa shape index (κ1) is 8.60. The molecule has 0 unspecified atom stereocenters. The van der Waals surface area contributed by atoms with E-state index in [2.05, 4.69) is 5.32 Å². The van der Waals surface area contributed by atoms with E-state index < -0.39 is 0 Å². The van der Waals surface area contributed by atoms with Gasteiger partial charge in [0.1, 0.15) is 5.58 Å². The third-order valence-corrected chi connectivity index (χ3v) is 2.31. The summed E-state index contributed by atoms with van der Waals surface area (Å²) in [6.07, 6.45) is 1.74. The predicted octanol–water partition coefficient (Wildman–Crippen LogP) is 2.81. The predicted molar refractivity (Wildman–Crippen MR) is 54.0 cm³/mol. The van der Waals surface area contributed by atoms with Crippen molar-refractivity contribution in [1.29, 1.82) is 0 Å². The third kappa shape index (κ3) is 1.43. The van der Waals surface area contributed by atoms with Gasteiger partial charge < -0.3 is 9.73 Å². The molecule has 1 N–H and O–H groups in total. The van der Waals surface area contributed by atoms with Crippen molar-refractivity contribution >= 4 is 22.6 Å². The summed E-state index contributed by atoms with van der Waals surface area (Å²) in [5.74, 6) is 0. The molecule has 0 amide bonds. The van der Waals surface area contributed by atoms with Crippen molar-refractivity contribution in [3.05, 3.63) is 35.0 Å². The second-order valence-electron chi connectivity index (χ2n) is 2.90. The SMILES string of the molecule is CNCc1coc2cccc(Cl)c12. The highest BCUT2D eigenvalue weighted by Crippen LogP contribution is 2.28. The number of hydrogen-bond acceptors (Lipinski definition) is 2. The van der Waals surface area contributed by atoms with Crippen LogP contribution in [0.3, 0.4) is 0 Å². The fourth-order valence-corrected chi connectivity index (χ4v) is 1.72. The zero-order valence-electron chi connectivity index (χ0n) is 7.30. The largest absolute Gasteiger partial charge is 0.464 e. The average Bonchev–Trinajstić information content (AvgIpc) is 2.51. The maximum Gasteiger partial charge on any atom is 0.135 e. The fraction of sp³-hybridized carbons (Fsp3) is 0.200. The Morgan fingerprint density at radius 2 is 2.31 bits per heavy atom. The van der Waals surface area contributed by atoms with Gasteiger partial charge in [-0.15, -0.1) is 0 Å². The smallest absolute Gasteiger partial charge is 0.135 e. The van der Waals surface area contributed by atoms with E-state index in [-0.39, 0.29) is 0 Å². The highest BCUT2D eigenvalue weighted by molar-refractivity contribution is 6.35. The topological polar surface area (TPSA) is 25.2 Å². The minimum atomic E-state index is 0.747. The van der Waals surface area contributed by atoms with Crippen molar-refractivity contribution in [2.45, 2.75) is 6.54 Å². The minimum absolute atomic E-state index is 0.747. The number of benzene rings is 1. The molecule has 2 nitrogen and oxygen atoms in total. The standard InChI is InChI=1S/C10H10ClNO/c1-12-5-7-6-13-9-4-2-3-8(11)10(7)9/h2-4,6,12H,5H2,1H3. The number of furan rings is 1. The van der Waals surface area contributed by atoms with Gasteiger partial charge in [-0.3, -0.25) is 0 Å². The molecule has 0 spiro atoms. The van der Waals surface area contributed by atoms with Gasteiger partial charge in [0.2, 0.25) is 0 Å². The maximum atomic E-state index is 6.05. The second-order valence-corrected chi connectivity index (χ2v) is 3.31. The van der Waals surface area contributed by atoms with Crippen LogP contribution in [0.2, 0.25) is 5.02 Å². The summed E-state index contributed by atoms with van der Waals surface area (Å²) in [5, 5.41) is 4.83. The van der Waals surface area contributed by atoms with Gasteiger partial charge in [-0.25, -0.2) is 0 Å². The first-order valence-corrected chi connectivity index (χ1v) is 4.50. The lowest BCUT2D eigenvalue weighted by atomic mass is 10.2. The molecule has 1 heterocycles. The summed E-state index contributed by atoms with van der Waals surface area (Å²) >= 11 is 6.05. The first-order chi connectivity index (χ1) is 6.33. The van der Waals surface area contributed by atoms with E-state index in [4.69, 9.17) is 16.0 Å². The monoisotopic (exact) mass is 195 g/mol. The van der Waals surface area contributed by atoms with Gasteiger partial charge in [0.15, 0.2) is 0 Å². The normalized spacial score (nSPS) is 10.9. The van der Waals surface area contributed by atoms with Crippen LogP contribution in [0.25, 0.3) is 11.0 Å². The third-order valence-electron chi connectivity index (χ3n) is 1.99. The molecule has 0 saturated carbocycles. The van der Waals surface area contributed by atoms with Crippen molar-refractivity contribution in [2.24, 2.45) is 0 Å². The van der Waals surface area contributed by atoms with Crippen LogP contribution in [-0.2, 0) is 6.54 Å². The molecule has 0 saturated heterocycles. The molecule has 0 atom stereocenters. The van der Waals surface area contributed by atoms with E-state index in [0.29, 0.717) is 0 Å². The summed E-state index contributed by atoms with van der Waals surface area (Å²) in [4.78, 5) is 0. The highest BCUT2D eigenvalue weighted by atomic mass is 35.5. The van der Waals surface area contributed by atoms with Crippen molar-refractivity contribution in [1.82, 2.24) is 5.32 Å². The molecule has 1 aromatic carbocycles. The van der Waals surface area contributed by atoms with E-state index in [1.165, 1.54) is 0 Å². The summed E-state index contributed by atoms with van der Waals surface area (Å²) < 4.78 is 5.36. The van der Waals surface area contributed by atoms with E-state index in [0.717, 1.165) is 28.1 Å². The van der Waals surface area contributed by atoms with Crippen LogP contribution in [0.4, 0.5) is 0 Å². The van der Waals surface area contributed by atoms with Crippen molar-refractivity contribution in [3.63, 3.8) is 0 Å². The molecule has 0 radical (unpaired) electrons. The van der Waals surface area contributed by atoms with Crippen molar-refractivity contribution in [3.8, 4) is 0 Å². The Hall–Kier alpha value is -0.990. The summed E-state index contributed by atoms with van der Waals surface area (Å²) in [5.41, 5.74) is 1.95. The van der Waals surface area contributed by atoms with Crippen molar-refractivity contribution < 1.29 is 4.42 Å².